The van der Waals surface area contributed by atoms with Crippen LogP contribution in [-0.4, -0.2) is 18.1 Å². The second kappa shape index (κ2) is 9.60. The Hall–Kier alpha value is -3.42. The molecule has 0 saturated carbocycles. The molecule has 0 aliphatic carbocycles. The van der Waals surface area contributed by atoms with E-state index in [1.165, 1.54) is 29.2 Å². The lowest BCUT2D eigenvalue weighted by Crippen LogP contribution is -2.30. The van der Waals surface area contributed by atoms with Crippen LogP contribution in [0.4, 0.5) is 10.1 Å². The van der Waals surface area contributed by atoms with Gasteiger partial charge >= 0.3 is 0 Å². The third kappa shape index (κ3) is 4.99. The number of nitrogens with zero attached hydrogens (tertiary/aromatic N) is 1. The maximum atomic E-state index is 13.3. The number of hydrogen-bond donors (Lipinski definition) is 1. The van der Waals surface area contributed by atoms with Crippen molar-refractivity contribution in [3.8, 4) is 11.5 Å². The summed E-state index contributed by atoms with van der Waals surface area (Å²) in [7, 11) is 1.59. The highest BCUT2D eigenvalue weighted by Crippen LogP contribution is 2.27. The van der Waals surface area contributed by atoms with Crippen molar-refractivity contribution in [2.24, 2.45) is 0 Å². The number of nitrogens with one attached hydrogen (secondary N) is 1. The normalized spacial score (nSPS) is 14.5. The molecule has 0 bridgehead atoms. The molecule has 5 nitrogen and oxygen atoms in total. The highest BCUT2D eigenvalue weighted by Gasteiger charge is 2.32. The number of aryl methyl sites for hydroxylation is 1. The second-order valence-corrected chi connectivity index (χ2v) is 8.17. The number of benzene rings is 3. The molecular weight excluding hydrogens is 463 g/mol. The lowest BCUT2D eigenvalue weighted by molar-refractivity contribution is -0.113. The summed E-state index contributed by atoms with van der Waals surface area (Å²) in [6.45, 7) is 2.18. The van der Waals surface area contributed by atoms with Gasteiger partial charge in [-0.15, -0.1) is 0 Å². The number of carbonyl (C=O) groups is 1. The van der Waals surface area contributed by atoms with E-state index in [2.05, 4.69) is 5.32 Å². The van der Waals surface area contributed by atoms with Gasteiger partial charge in [0, 0.05) is 10.6 Å². The first kappa shape index (κ1) is 22.8. The molecule has 0 spiro atoms. The molecule has 168 valence electrons. The molecule has 4 rings (SSSR count). The smallest absolute Gasteiger partial charge is 0.281 e. The second-order valence-electron chi connectivity index (χ2n) is 7.38. The maximum absolute atomic E-state index is 13.3. The summed E-state index contributed by atoms with van der Waals surface area (Å²) >= 11 is 11.4. The molecule has 3 aromatic carbocycles. The number of anilines is 1. The van der Waals surface area contributed by atoms with Crippen LogP contribution in [0.1, 0.15) is 16.7 Å². The van der Waals surface area contributed by atoms with E-state index in [-0.39, 0.29) is 23.4 Å². The maximum Gasteiger partial charge on any atom is 0.281 e. The first-order valence-corrected chi connectivity index (χ1v) is 10.8. The van der Waals surface area contributed by atoms with Crippen LogP contribution in [0, 0.1) is 12.7 Å². The topological polar surface area (TPSA) is 50.8 Å². The van der Waals surface area contributed by atoms with E-state index in [0.29, 0.717) is 27.9 Å². The van der Waals surface area contributed by atoms with E-state index in [1.54, 1.807) is 25.3 Å². The van der Waals surface area contributed by atoms with E-state index < -0.39 is 0 Å². The van der Waals surface area contributed by atoms with Crippen molar-refractivity contribution in [3.05, 3.63) is 93.9 Å². The summed E-state index contributed by atoms with van der Waals surface area (Å²) in [5, 5.41) is 3.84. The van der Waals surface area contributed by atoms with Crippen molar-refractivity contribution in [1.29, 1.82) is 0 Å². The molecule has 33 heavy (non-hydrogen) atoms. The number of carbonyl (C=O) groups excluding carboxylic acids is 1. The molecule has 0 atom stereocenters. The van der Waals surface area contributed by atoms with Gasteiger partial charge in [-0.3, -0.25) is 9.69 Å². The van der Waals surface area contributed by atoms with Crippen molar-refractivity contribution in [1.82, 2.24) is 5.32 Å². The largest absolute Gasteiger partial charge is 0.496 e. The fourth-order valence-electron chi connectivity index (χ4n) is 3.40. The van der Waals surface area contributed by atoms with Gasteiger partial charge in [-0.2, -0.15) is 0 Å². The van der Waals surface area contributed by atoms with Crippen molar-refractivity contribution in [3.63, 3.8) is 0 Å². The van der Waals surface area contributed by atoms with Gasteiger partial charge < -0.3 is 14.8 Å². The fourth-order valence-corrected chi connectivity index (χ4v) is 3.81. The molecule has 0 radical (unpaired) electrons. The van der Waals surface area contributed by atoms with Gasteiger partial charge in [-0.25, -0.2) is 4.39 Å². The Bertz CT molecular complexity index is 1260. The summed E-state index contributed by atoms with van der Waals surface area (Å²) in [6, 6.07) is 16.6. The van der Waals surface area contributed by atoms with Crippen molar-refractivity contribution < 1.29 is 18.7 Å². The zero-order valence-corrected chi connectivity index (χ0v) is 19.5. The minimum absolute atomic E-state index is 0.230. The monoisotopic (exact) mass is 482 g/mol. The molecule has 8 heteroatoms. The molecule has 1 N–H and O–H groups in total. The molecule has 1 saturated heterocycles. The standard InChI is InChI=1S/C25H20ClFN2O3S/c1-15-11-20(8-9-21(15)26)32-14-17-12-16(3-10-23(17)31-2)13-22-24(30)29(25(33)28-22)19-6-4-18(27)5-7-19/h3-13H,14H2,1-2H3,(H,28,33)/b22-13+. The van der Waals surface area contributed by atoms with Crippen molar-refractivity contribution in [2.75, 3.05) is 12.0 Å². The van der Waals surface area contributed by atoms with Gasteiger partial charge in [0.15, 0.2) is 5.11 Å². The van der Waals surface area contributed by atoms with E-state index in [9.17, 15) is 9.18 Å². The molecule has 1 fully saturated rings. The highest BCUT2D eigenvalue weighted by molar-refractivity contribution is 7.80. The Morgan fingerprint density at radius 3 is 2.58 bits per heavy atom. The molecular formula is C25H20ClFN2O3S. The highest BCUT2D eigenvalue weighted by atomic mass is 35.5. The SMILES string of the molecule is COc1ccc(/C=C2/NC(=S)N(c3ccc(F)cc3)C2=O)cc1COc1ccc(Cl)c(C)c1. The molecule has 1 aliphatic rings. The zero-order chi connectivity index (χ0) is 23.5. The van der Waals surface area contributed by atoms with Gasteiger partial charge in [0.2, 0.25) is 0 Å². The molecule has 0 unspecified atom stereocenters. The number of ether oxygens (including phenoxy) is 2. The number of rotatable bonds is 6. The van der Waals surface area contributed by atoms with Crippen LogP contribution in [0.3, 0.4) is 0 Å². The van der Waals surface area contributed by atoms with E-state index >= 15 is 0 Å². The Labute approximate surface area is 201 Å². The number of halogens is 2. The first-order valence-electron chi connectivity index (χ1n) is 10.0. The van der Waals surface area contributed by atoms with Crippen LogP contribution in [0.15, 0.2) is 66.4 Å². The third-order valence-electron chi connectivity index (χ3n) is 5.10. The third-order valence-corrected chi connectivity index (χ3v) is 5.81. The van der Waals surface area contributed by atoms with Crippen molar-refractivity contribution in [2.45, 2.75) is 13.5 Å². The quantitative estimate of drug-likeness (QED) is 0.364. The molecule has 1 heterocycles. The lowest BCUT2D eigenvalue weighted by atomic mass is 10.1. The van der Waals surface area contributed by atoms with Crippen LogP contribution in [0.25, 0.3) is 6.08 Å². The van der Waals surface area contributed by atoms with Crippen LogP contribution in [0.2, 0.25) is 5.02 Å². The van der Waals surface area contributed by atoms with Gasteiger partial charge in [0.1, 0.15) is 29.6 Å². The number of amides is 1. The Morgan fingerprint density at radius 2 is 1.88 bits per heavy atom. The van der Waals surface area contributed by atoms with Crippen LogP contribution >= 0.6 is 23.8 Å². The first-order chi connectivity index (χ1) is 15.9. The number of methoxy groups -OCH3 is 1. The number of thiocarbonyl (C=S) groups is 1. The lowest BCUT2D eigenvalue weighted by Gasteiger charge is -2.13. The van der Waals surface area contributed by atoms with E-state index in [4.69, 9.17) is 33.3 Å². The Morgan fingerprint density at radius 1 is 1.12 bits per heavy atom. The summed E-state index contributed by atoms with van der Waals surface area (Å²) in [6.07, 6.45) is 1.70. The summed E-state index contributed by atoms with van der Waals surface area (Å²) in [4.78, 5) is 14.3. The predicted octanol–water partition coefficient (Wildman–Crippen LogP) is 5.64. The minimum Gasteiger partial charge on any atom is -0.496 e. The van der Waals surface area contributed by atoms with E-state index in [1.807, 2.05) is 31.2 Å². The number of hydrogen-bond acceptors (Lipinski definition) is 4. The van der Waals surface area contributed by atoms with Gasteiger partial charge in [0.25, 0.3) is 5.91 Å². The Kier molecular flexibility index (Phi) is 6.62. The van der Waals surface area contributed by atoms with Crippen molar-refractivity contribution >= 4 is 46.6 Å². The average molecular weight is 483 g/mol. The summed E-state index contributed by atoms with van der Waals surface area (Å²) in [5.41, 5.74) is 3.30. The zero-order valence-electron chi connectivity index (χ0n) is 17.9. The van der Waals surface area contributed by atoms with Gasteiger partial charge in [-0.05, 0) is 90.9 Å². The minimum atomic E-state index is -0.387. The predicted molar refractivity (Wildman–Crippen MR) is 131 cm³/mol. The van der Waals surface area contributed by atoms with Gasteiger partial charge in [-0.1, -0.05) is 17.7 Å². The molecule has 1 amide bonds. The van der Waals surface area contributed by atoms with Crippen LogP contribution in [0.5, 0.6) is 11.5 Å². The summed E-state index contributed by atoms with van der Waals surface area (Å²) in [5.74, 6) is 0.645. The van der Waals surface area contributed by atoms with E-state index in [0.717, 1.165) is 16.7 Å². The van der Waals surface area contributed by atoms with Gasteiger partial charge in [0.05, 0.1) is 12.8 Å². The van der Waals surface area contributed by atoms with Crippen LogP contribution < -0.4 is 19.7 Å². The fraction of sp³-hybridized carbons (Fsp3) is 0.120. The molecule has 0 aromatic heterocycles. The molecule has 3 aromatic rings. The molecule has 1 aliphatic heterocycles. The Balaban J connectivity index is 1.56. The van der Waals surface area contributed by atoms with Crippen LogP contribution in [-0.2, 0) is 11.4 Å². The average Bonchev–Trinajstić information content (AvgIpc) is 3.08. The summed E-state index contributed by atoms with van der Waals surface area (Å²) < 4.78 is 24.6.